The van der Waals surface area contributed by atoms with Crippen molar-refractivity contribution in [2.24, 2.45) is 0 Å². The van der Waals surface area contributed by atoms with Crippen LogP contribution in [0.1, 0.15) is 38.4 Å². The first-order valence-electron chi connectivity index (χ1n) is 6.07. The standard InChI is InChI=1S/C12H23N3S/c1-4-8-13-11(7-10-16-3)12-6-9-14-15(12)5-2/h6,9,11,13H,4-5,7-8,10H2,1-3H3. The van der Waals surface area contributed by atoms with Crippen LogP contribution in [0.5, 0.6) is 0 Å². The number of aryl methyl sites for hydroxylation is 1. The summed E-state index contributed by atoms with van der Waals surface area (Å²) in [5, 5.41) is 7.95. The van der Waals surface area contributed by atoms with Gasteiger partial charge in [-0.2, -0.15) is 16.9 Å². The van der Waals surface area contributed by atoms with Gasteiger partial charge in [0.2, 0.25) is 0 Å². The summed E-state index contributed by atoms with van der Waals surface area (Å²) in [6.07, 6.45) is 6.41. The highest BCUT2D eigenvalue weighted by Crippen LogP contribution is 2.18. The summed E-state index contributed by atoms with van der Waals surface area (Å²) in [6, 6.07) is 2.59. The van der Waals surface area contributed by atoms with Gasteiger partial charge in [0.05, 0.1) is 5.69 Å². The summed E-state index contributed by atoms with van der Waals surface area (Å²) in [5.41, 5.74) is 1.32. The minimum atomic E-state index is 0.454. The van der Waals surface area contributed by atoms with Gasteiger partial charge in [0.1, 0.15) is 0 Å². The van der Waals surface area contributed by atoms with E-state index >= 15 is 0 Å². The molecule has 1 heterocycles. The minimum absolute atomic E-state index is 0.454. The summed E-state index contributed by atoms with van der Waals surface area (Å²) >= 11 is 1.90. The molecule has 1 aromatic rings. The number of aromatic nitrogens is 2. The second kappa shape index (κ2) is 7.74. The molecule has 1 N–H and O–H groups in total. The SMILES string of the molecule is CCCNC(CCSC)c1ccnn1CC. The van der Waals surface area contributed by atoms with Gasteiger partial charge < -0.3 is 5.32 Å². The average Bonchev–Trinajstić information content (AvgIpc) is 2.77. The van der Waals surface area contributed by atoms with Crippen molar-refractivity contribution in [1.82, 2.24) is 15.1 Å². The normalized spacial score (nSPS) is 12.9. The summed E-state index contributed by atoms with van der Waals surface area (Å²) in [4.78, 5) is 0. The number of rotatable bonds is 8. The van der Waals surface area contributed by atoms with Gasteiger partial charge >= 0.3 is 0 Å². The molecule has 0 saturated heterocycles. The van der Waals surface area contributed by atoms with Crippen LogP contribution in [0.15, 0.2) is 12.3 Å². The average molecular weight is 241 g/mol. The Hall–Kier alpha value is -0.480. The predicted octanol–water partition coefficient (Wildman–Crippen LogP) is 2.70. The molecule has 4 heteroatoms. The molecule has 0 aromatic carbocycles. The van der Waals surface area contributed by atoms with E-state index in [9.17, 15) is 0 Å². The highest BCUT2D eigenvalue weighted by atomic mass is 32.2. The van der Waals surface area contributed by atoms with Gasteiger partial charge in [-0.25, -0.2) is 0 Å². The van der Waals surface area contributed by atoms with E-state index in [2.05, 4.69) is 41.3 Å². The molecule has 0 fully saturated rings. The molecule has 0 aliphatic rings. The van der Waals surface area contributed by atoms with E-state index in [4.69, 9.17) is 0 Å². The van der Waals surface area contributed by atoms with E-state index in [1.165, 1.54) is 24.3 Å². The van der Waals surface area contributed by atoms with Crippen LogP contribution >= 0.6 is 11.8 Å². The molecule has 3 nitrogen and oxygen atoms in total. The van der Waals surface area contributed by atoms with Crippen molar-refractivity contribution in [2.45, 2.75) is 39.3 Å². The van der Waals surface area contributed by atoms with Crippen LogP contribution in [0, 0.1) is 0 Å². The van der Waals surface area contributed by atoms with E-state index in [-0.39, 0.29) is 0 Å². The van der Waals surface area contributed by atoms with Crippen LogP contribution < -0.4 is 5.32 Å². The Morgan fingerprint density at radius 3 is 2.94 bits per heavy atom. The van der Waals surface area contributed by atoms with Gasteiger partial charge in [-0.05, 0) is 44.4 Å². The van der Waals surface area contributed by atoms with Crippen molar-refractivity contribution < 1.29 is 0 Å². The molecule has 16 heavy (non-hydrogen) atoms. The van der Waals surface area contributed by atoms with E-state index in [0.717, 1.165) is 13.1 Å². The van der Waals surface area contributed by atoms with Crippen LogP contribution in [0.4, 0.5) is 0 Å². The first-order chi connectivity index (χ1) is 7.83. The summed E-state index contributed by atoms with van der Waals surface area (Å²) in [7, 11) is 0. The van der Waals surface area contributed by atoms with Crippen molar-refractivity contribution in [1.29, 1.82) is 0 Å². The molecule has 1 rings (SSSR count). The molecule has 0 radical (unpaired) electrons. The topological polar surface area (TPSA) is 29.9 Å². The lowest BCUT2D eigenvalue weighted by Gasteiger charge is -2.19. The van der Waals surface area contributed by atoms with E-state index in [0.29, 0.717) is 6.04 Å². The molecule has 0 amide bonds. The molecular weight excluding hydrogens is 218 g/mol. The molecule has 1 atom stereocenters. The van der Waals surface area contributed by atoms with Crippen LogP contribution in [0.25, 0.3) is 0 Å². The Labute approximate surface area is 103 Å². The van der Waals surface area contributed by atoms with Crippen molar-refractivity contribution in [3.05, 3.63) is 18.0 Å². The third-order valence-electron chi connectivity index (χ3n) is 2.66. The smallest absolute Gasteiger partial charge is 0.0553 e. The number of hydrogen-bond donors (Lipinski definition) is 1. The van der Waals surface area contributed by atoms with E-state index in [1.807, 2.05) is 18.0 Å². The largest absolute Gasteiger partial charge is 0.309 e. The lowest BCUT2D eigenvalue weighted by atomic mass is 10.1. The molecule has 0 aliphatic carbocycles. The molecule has 0 saturated carbocycles. The lowest BCUT2D eigenvalue weighted by molar-refractivity contribution is 0.473. The number of hydrogen-bond acceptors (Lipinski definition) is 3. The van der Waals surface area contributed by atoms with Crippen molar-refractivity contribution >= 4 is 11.8 Å². The molecular formula is C12H23N3S. The predicted molar refractivity (Wildman–Crippen MR) is 71.9 cm³/mol. The van der Waals surface area contributed by atoms with Crippen LogP contribution in [0.3, 0.4) is 0 Å². The van der Waals surface area contributed by atoms with E-state index < -0.39 is 0 Å². The van der Waals surface area contributed by atoms with E-state index in [1.54, 1.807) is 0 Å². The Morgan fingerprint density at radius 1 is 1.50 bits per heavy atom. The van der Waals surface area contributed by atoms with Crippen molar-refractivity contribution in [2.75, 3.05) is 18.6 Å². The second-order valence-electron chi connectivity index (χ2n) is 3.86. The third kappa shape index (κ3) is 3.83. The molecule has 92 valence electrons. The second-order valence-corrected chi connectivity index (χ2v) is 4.85. The minimum Gasteiger partial charge on any atom is -0.309 e. The van der Waals surface area contributed by atoms with Gasteiger partial charge in [0.25, 0.3) is 0 Å². The fourth-order valence-electron chi connectivity index (χ4n) is 1.81. The molecule has 1 aromatic heterocycles. The van der Waals surface area contributed by atoms with Crippen LogP contribution in [-0.4, -0.2) is 28.3 Å². The third-order valence-corrected chi connectivity index (χ3v) is 3.30. The maximum absolute atomic E-state index is 4.34. The Balaban J connectivity index is 2.66. The first-order valence-corrected chi connectivity index (χ1v) is 7.46. The summed E-state index contributed by atoms with van der Waals surface area (Å²) < 4.78 is 2.09. The van der Waals surface area contributed by atoms with Crippen LogP contribution in [-0.2, 0) is 6.54 Å². The van der Waals surface area contributed by atoms with Crippen molar-refractivity contribution in [3.8, 4) is 0 Å². The quantitative estimate of drug-likeness (QED) is 0.759. The molecule has 1 unspecified atom stereocenters. The molecule has 0 aliphatic heterocycles. The van der Waals surface area contributed by atoms with Crippen LogP contribution in [0.2, 0.25) is 0 Å². The highest BCUT2D eigenvalue weighted by molar-refractivity contribution is 7.98. The van der Waals surface area contributed by atoms with Gasteiger partial charge in [0, 0.05) is 18.8 Å². The Bertz CT molecular complexity index is 278. The fourth-order valence-corrected chi connectivity index (χ4v) is 2.28. The maximum atomic E-state index is 4.34. The molecule has 0 spiro atoms. The number of nitrogens with one attached hydrogen (secondary N) is 1. The zero-order valence-corrected chi connectivity index (χ0v) is 11.4. The monoisotopic (exact) mass is 241 g/mol. The summed E-state index contributed by atoms with van der Waals surface area (Å²) in [5.74, 6) is 1.19. The highest BCUT2D eigenvalue weighted by Gasteiger charge is 2.14. The maximum Gasteiger partial charge on any atom is 0.0553 e. The summed E-state index contributed by atoms with van der Waals surface area (Å²) in [6.45, 7) is 6.37. The fraction of sp³-hybridized carbons (Fsp3) is 0.750. The Kier molecular flexibility index (Phi) is 6.57. The zero-order chi connectivity index (χ0) is 11.8. The molecule has 0 bridgehead atoms. The van der Waals surface area contributed by atoms with Crippen molar-refractivity contribution in [3.63, 3.8) is 0 Å². The number of thioether (sulfide) groups is 1. The van der Waals surface area contributed by atoms with Gasteiger partial charge in [-0.15, -0.1) is 0 Å². The van der Waals surface area contributed by atoms with Gasteiger partial charge in [-0.1, -0.05) is 6.92 Å². The van der Waals surface area contributed by atoms with Gasteiger partial charge in [-0.3, -0.25) is 4.68 Å². The first kappa shape index (κ1) is 13.6. The number of nitrogens with zero attached hydrogens (tertiary/aromatic N) is 2. The Morgan fingerprint density at radius 2 is 2.31 bits per heavy atom. The van der Waals surface area contributed by atoms with Gasteiger partial charge in [0.15, 0.2) is 0 Å². The zero-order valence-electron chi connectivity index (χ0n) is 10.6. The lowest BCUT2D eigenvalue weighted by Crippen LogP contribution is -2.25.